The zero-order valence-electron chi connectivity index (χ0n) is 10.2. The fourth-order valence-electron chi connectivity index (χ4n) is 1.26. The van der Waals surface area contributed by atoms with Crippen LogP contribution >= 0.6 is 43.4 Å². The Bertz CT molecular complexity index is 599. The van der Waals surface area contributed by atoms with Crippen molar-refractivity contribution in [2.75, 3.05) is 0 Å². The van der Waals surface area contributed by atoms with Gasteiger partial charge in [-0.3, -0.25) is 5.10 Å². The molecule has 0 radical (unpaired) electrons. The van der Waals surface area contributed by atoms with Crippen molar-refractivity contribution in [3.63, 3.8) is 0 Å². The standard InChI is InChI=1S/C12H8Cl2N3O.2ClH.Fe/c13-9-5-8(12(18)10(14)6-9)7-16-17-11-3-1-2-4-15-11;;;/h1-7H,(H-,15,16,17,18);2*1H;/q-1;;;+3/p-1. The van der Waals surface area contributed by atoms with Gasteiger partial charge in [0.05, 0.1) is 5.56 Å². The first kappa shape index (κ1) is 18.4. The van der Waals surface area contributed by atoms with Crippen molar-refractivity contribution in [3.05, 3.63) is 57.6 Å². The van der Waals surface area contributed by atoms with E-state index in [1.54, 1.807) is 24.4 Å². The molecule has 0 atom stereocenters. The number of rotatable bonds is 3. The van der Waals surface area contributed by atoms with E-state index < -0.39 is 0 Å². The van der Waals surface area contributed by atoms with E-state index in [2.05, 4.69) is 15.5 Å². The molecule has 0 fully saturated rings. The first-order valence-electron chi connectivity index (χ1n) is 5.29. The van der Waals surface area contributed by atoms with Crippen molar-refractivity contribution in [3.8, 4) is 5.75 Å². The van der Waals surface area contributed by atoms with Crippen molar-refractivity contribution in [1.29, 1.82) is 0 Å². The molecule has 2 aromatic rings. The molecule has 113 valence electrons. The molecule has 0 spiro atoms. The maximum Gasteiger partial charge on any atom is 0.281 e. The number of halogens is 4. The van der Waals surface area contributed by atoms with E-state index in [9.17, 15) is 0 Å². The number of benzene rings is 1. The van der Waals surface area contributed by atoms with Crippen LogP contribution in [0.4, 0.5) is 5.82 Å². The van der Waals surface area contributed by atoms with E-state index in [4.69, 9.17) is 48.5 Å². The van der Waals surface area contributed by atoms with Gasteiger partial charge in [0, 0.05) is 11.2 Å². The maximum atomic E-state index is 7.74. The smallest absolute Gasteiger partial charge is 0.281 e. The van der Waals surface area contributed by atoms with E-state index >= 15 is 0 Å². The summed E-state index contributed by atoms with van der Waals surface area (Å²) >= 11 is 11.9. The maximum absolute atomic E-state index is 7.74. The largest absolute Gasteiger partial charge is 0.592 e. The second-order valence-corrected chi connectivity index (χ2v) is 6.10. The predicted molar refractivity (Wildman–Crippen MR) is 86.1 cm³/mol. The summed E-state index contributed by atoms with van der Waals surface area (Å²) in [5.74, 6) is 0.662. The molecule has 0 aliphatic carbocycles. The molecule has 0 saturated heterocycles. The normalized spacial score (nSPS) is 10.1. The van der Waals surface area contributed by atoms with Crippen molar-refractivity contribution >= 4 is 55.4 Å². The topological polar surface area (TPSA) is 62.2 Å². The summed E-state index contributed by atoms with van der Waals surface area (Å²) < 4.78 is 0. The molecule has 0 aliphatic rings. The molecule has 1 aromatic heterocycles. The van der Waals surface area contributed by atoms with Gasteiger partial charge >= 0.3 is 33.3 Å². The Morgan fingerprint density at radius 2 is 1.95 bits per heavy atom. The van der Waals surface area contributed by atoms with Gasteiger partial charge in [-0.1, -0.05) is 47.6 Å². The number of aromatic nitrogens is 1. The van der Waals surface area contributed by atoms with Crippen molar-refractivity contribution < 1.29 is 18.2 Å². The van der Waals surface area contributed by atoms with Crippen LogP contribution in [-0.4, -0.2) is 16.3 Å². The zero-order valence-corrected chi connectivity index (χ0v) is 14.4. The summed E-state index contributed by atoms with van der Waals surface area (Å²) in [7, 11) is 9.53. The van der Waals surface area contributed by atoms with Gasteiger partial charge in [0.2, 0.25) is 0 Å². The Balaban J connectivity index is 0.000000677. The van der Waals surface area contributed by atoms with E-state index in [0.717, 1.165) is 0 Å². The third-order valence-electron chi connectivity index (χ3n) is 2.09. The van der Waals surface area contributed by atoms with Gasteiger partial charge < -0.3 is 15.5 Å². The first-order valence-corrected chi connectivity index (χ1v) is 9.09. The molecule has 1 aromatic carbocycles. The van der Waals surface area contributed by atoms with E-state index in [-0.39, 0.29) is 23.9 Å². The molecular formula is C12H9Cl4FeN3O+. The molecule has 2 N–H and O–H groups in total. The van der Waals surface area contributed by atoms with Gasteiger partial charge in [-0.05, 0) is 18.0 Å². The Morgan fingerprint density at radius 1 is 1.24 bits per heavy atom. The minimum atomic E-state index is 0.168. The van der Waals surface area contributed by atoms with Gasteiger partial charge in [0.15, 0.2) is 0 Å². The van der Waals surface area contributed by atoms with Gasteiger partial charge in [0.25, 0.3) is 5.75 Å². The van der Waals surface area contributed by atoms with Crippen LogP contribution in [-0.2, 0) is 13.1 Å². The molecule has 2 rings (SSSR count). The molecule has 1 heterocycles. The van der Waals surface area contributed by atoms with E-state index in [1.165, 1.54) is 12.3 Å². The van der Waals surface area contributed by atoms with Gasteiger partial charge in [-0.2, -0.15) is 0 Å². The third-order valence-corrected chi connectivity index (χ3v) is 2.61. The second kappa shape index (κ2) is 10.1. The third kappa shape index (κ3) is 6.74. The molecule has 0 bridgehead atoms. The van der Waals surface area contributed by atoms with E-state index in [0.29, 0.717) is 16.4 Å². The molecule has 0 saturated carbocycles. The quantitative estimate of drug-likeness (QED) is 0.296. The van der Waals surface area contributed by atoms with E-state index in [1.807, 2.05) is 6.07 Å². The monoisotopic (exact) mass is 407 g/mol. The van der Waals surface area contributed by atoms with Gasteiger partial charge in [0.1, 0.15) is 5.02 Å². The molecule has 4 nitrogen and oxygen atoms in total. The SMILES string of the molecule is [Cl][Fe+][Cl].[OH2+]c1c(Cl)cc(Cl)cc1C=N[N-]c1ccccn1. The minimum absolute atomic E-state index is 0.168. The number of hydrogen-bond donors (Lipinski definition) is 0. The van der Waals surface area contributed by atoms with Gasteiger partial charge in [-0.15, -0.1) is 0 Å². The van der Waals surface area contributed by atoms with Crippen LogP contribution in [0.15, 0.2) is 41.6 Å². The average molecular weight is 409 g/mol. The van der Waals surface area contributed by atoms with Crippen LogP contribution in [0.1, 0.15) is 5.56 Å². The minimum Gasteiger partial charge on any atom is -0.592 e. The summed E-state index contributed by atoms with van der Waals surface area (Å²) in [4.78, 5) is 3.99. The predicted octanol–water partition coefficient (Wildman–Crippen LogP) is 5.24. The Hall–Kier alpha value is -0.681. The summed E-state index contributed by atoms with van der Waals surface area (Å²) in [5, 5.41) is 12.3. The fourth-order valence-corrected chi connectivity index (χ4v) is 1.77. The second-order valence-electron chi connectivity index (χ2n) is 3.43. The Morgan fingerprint density at radius 3 is 2.57 bits per heavy atom. The Labute approximate surface area is 146 Å². The first-order chi connectivity index (χ1) is 10.1. The average Bonchev–Trinajstić information content (AvgIpc) is 2.46. The molecular weight excluding hydrogens is 400 g/mol. The van der Waals surface area contributed by atoms with Gasteiger partial charge in [-0.25, -0.2) is 0 Å². The summed E-state index contributed by atoms with van der Waals surface area (Å²) in [6, 6.07) is 8.45. The zero-order chi connectivity index (χ0) is 15.7. The van der Waals surface area contributed by atoms with Crippen molar-refractivity contribution in [2.24, 2.45) is 5.10 Å². The van der Waals surface area contributed by atoms with Crippen molar-refractivity contribution in [2.45, 2.75) is 0 Å². The van der Waals surface area contributed by atoms with Crippen molar-refractivity contribution in [1.82, 2.24) is 4.98 Å². The van der Waals surface area contributed by atoms with Crippen LogP contribution in [0, 0.1) is 0 Å². The fraction of sp³-hybridized carbons (Fsp3) is 0. The Kier molecular flexibility index (Phi) is 8.85. The summed E-state index contributed by atoms with van der Waals surface area (Å²) in [6.45, 7) is 0. The van der Waals surface area contributed by atoms with Crippen LogP contribution in [0.3, 0.4) is 0 Å². The summed E-state index contributed by atoms with van der Waals surface area (Å²) in [6.07, 6.45) is 3.05. The number of pyridine rings is 1. The van der Waals surface area contributed by atoms with Crippen LogP contribution in [0.25, 0.3) is 5.43 Å². The van der Waals surface area contributed by atoms with Crippen LogP contribution in [0.5, 0.6) is 5.75 Å². The summed E-state index contributed by atoms with van der Waals surface area (Å²) in [5.41, 5.74) is 4.40. The molecule has 21 heavy (non-hydrogen) atoms. The molecule has 0 unspecified atom stereocenters. The molecule has 9 heteroatoms. The number of nitrogens with zero attached hydrogens (tertiary/aromatic N) is 3. The van der Waals surface area contributed by atoms with Crippen LogP contribution < -0.4 is 0 Å². The number of hydrogen-bond acceptors (Lipinski definition) is 2. The molecule has 0 amide bonds. The molecule has 0 aliphatic heterocycles. The van der Waals surface area contributed by atoms with Crippen LogP contribution in [0.2, 0.25) is 10.0 Å².